The van der Waals surface area contributed by atoms with Gasteiger partial charge in [0.15, 0.2) is 0 Å². The molecule has 4 fully saturated rings. The van der Waals surface area contributed by atoms with Crippen molar-refractivity contribution in [3.63, 3.8) is 0 Å². The Bertz CT molecular complexity index is 669. The van der Waals surface area contributed by atoms with Crippen molar-refractivity contribution in [2.24, 2.45) is 34.0 Å². The quantitative estimate of drug-likeness (QED) is 0.661. The summed E-state index contributed by atoms with van der Waals surface area (Å²) in [6.07, 6.45) is 6.79. The lowest BCUT2D eigenvalue weighted by Crippen LogP contribution is -2.61. The Morgan fingerprint density at radius 2 is 1.81 bits per heavy atom. The molecule has 0 aliphatic heterocycles. The van der Waals surface area contributed by atoms with Crippen LogP contribution in [0, 0.1) is 34.0 Å². The molecule has 0 aromatic heterocycles. The first kappa shape index (κ1) is 18.2. The van der Waals surface area contributed by atoms with Crippen LogP contribution in [0.4, 0.5) is 0 Å². The van der Waals surface area contributed by atoms with E-state index in [1.54, 1.807) is 0 Å². The van der Waals surface area contributed by atoms with Crippen molar-refractivity contribution < 1.29 is 19.1 Å². The summed E-state index contributed by atoms with van der Waals surface area (Å²) in [4.78, 5) is 37.3. The van der Waals surface area contributed by atoms with Gasteiger partial charge in [0.05, 0.1) is 0 Å². The van der Waals surface area contributed by atoms with E-state index in [2.05, 4.69) is 20.8 Å². The summed E-state index contributed by atoms with van der Waals surface area (Å²) in [5.41, 5.74) is -0.424. The Labute approximate surface area is 156 Å². The van der Waals surface area contributed by atoms with E-state index in [0.29, 0.717) is 36.2 Å². The van der Waals surface area contributed by atoms with E-state index in [-0.39, 0.29) is 28.8 Å². The topological polar surface area (TPSA) is 60.4 Å². The SMILES string of the molecule is CC(=O)O[C@H]1CC[C@]2(C)[C@H]3C(=O)C[C@]4(C)C(=O)CC[C@H]4[C@@H]3CC[C@@]2(C)C1. The number of rotatable bonds is 1. The van der Waals surface area contributed by atoms with Gasteiger partial charge in [0.25, 0.3) is 0 Å². The van der Waals surface area contributed by atoms with E-state index >= 15 is 0 Å². The lowest BCUT2D eigenvalue weighted by atomic mass is 9.40. The fraction of sp³-hybridized carbons (Fsp3) is 0.864. The normalized spacial score (nSPS) is 50.6. The molecule has 0 N–H and O–H groups in total. The summed E-state index contributed by atoms with van der Waals surface area (Å²) < 4.78 is 5.54. The van der Waals surface area contributed by atoms with Crippen molar-refractivity contribution in [1.82, 2.24) is 0 Å². The molecule has 4 heteroatoms. The summed E-state index contributed by atoms with van der Waals surface area (Å²) in [5, 5.41) is 0. The van der Waals surface area contributed by atoms with Gasteiger partial charge in [-0.3, -0.25) is 14.4 Å². The molecule has 0 heterocycles. The average molecular weight is 360 g/mol. The lowest BCUT2D eigenvalue weighted by Gasteiger charge is -2.63. The molecule has 144 valence electrons. The minimum Gasteiger partial charge on any atom is -0.463 e. The van der Waals surface area contributed by atoms with E-state index in [4.69, 9.17) is 4.74 Å². The summed E-state index contributed by atoms with van der Waals surface area (Å²) in [6, 6.07) is 0. The second-order valence-corrected chi connectivity index (χ2v) is 10.3. The minimum absolute atomic E-state index is 0.0147. The first-order valence-corrected chi connectivity index (χ1v) is 10.3. The highest BCUT2D eigenvalue weighted by Crippen LogP contribution is 2.68. The van der Waals surface area contributed by atoms with Crippen LogP contribution in [0.1, 0.15) is 79.1 Å². The van der Waals surface area contributed by atoms with Gasteiger partial charge in [-0.2, -0.15) is 0 Å². The van der Waals surface area contributed by atoms with Crippen LogP contribution in [0.15, 0.2) is 0 Å². The summed E-state index contributed by atoms with van der Waals surface area (Å²) in [5.74, 6) is 1.24. The zero-order chi connectivity index (χ0) is 18.9. The van der Waals surface area contributed by atoms with Crippen LogP contribution in [0.2, 0.25) is 0 Å². The number of Topliss-reactive ketones (excluding diaryl/α,β-unsaturated/α-hetero) is 2. The fourth-order valence-corrected chi connectivity index (χ4v) is 7.49. The Morgan fingerprint density at radius 3 is 2.50 bits per heavy atom. The largest absolute Gasteiger partial charge is 0.463 e. The van der Waals surface area contributed by atoms with Gasteiger partial charge in [-0.05, 0) is 61.2 Å². The number of fused-ring (bicyclic) bond motifs is 5. The maximum absolute atomic E-state index is 13.3. The van der Waals surface area contributed by atoms with Crippen molar-refractivity contribution in [3.8, 4) is 0 Å². The van der Waals surface area contributed by atoms with Gasteiger partial charge in [-0.25, -0.2) is 0 Å². The molecule has 26 heavy (non-hydrogen) atoms. The lowest BCUT2D eigenvalue weighted by molar-refractivity contribution is -0.186. The van der Waals surface area contributed by atoms with Crippen molar-refractivity contribution in [1.29, 1.82) is 0 Å². The number of carbonyl (C=O) groups excluding carboxylic acids is 3. The number of hydrogen-bond donors (Lipinski definition) is 0. The Morgan fingerprint density at radius 1 is 1.08 bits per heavy atom. The predicted molar refractivity (Wildman–Crippen MR) is 97.3 cm³/mol. The van der Waals surface area contributed by atoms with Crippen molar-refractivity contribution in [2.75, 3.05) is 0 Å². The molecular weight excluding hydrogens is 328 g/mol. The van der Waals surface area contributed by atoms with Gasteiger partial charge in [-0.1, -0.05) is 20.8 Å². The Hall–Kier alpha value is -1.19. The van der Waals surface area contributed by atoms with Crippen molar-refractivity contribution in [3.05, 3.63) is 0 Å². The van der Waals surface area contributed by atoms with Gasteiger partial charge in [0.2, 0.25) is 0 Å². The van der Waals surface area contributed by atoms with Crippen LogP contribution >= 0.6 is 0 Å². The molecule has 0 radical (unpaired) electrons. The first-order valence-electron chi connectivity index (χ1n) is 10.3. The standard InChI is InChI=1S/C22H32O4/c1-13(23)26-14-7-10-22(4)19-15(8-9-20(22,2)11-14)16-5-6-18(25)21(16,3)12-17(19)24/h14-16,19H,5-12H2,1-4H3/t14-,15-,16-,19+,20-,21-,22+/m0/s1. The summed E-state index contributed by atoms with van der Waals surface area (Å²) in [6.45, 7) is 8.15. The maximum atomic E-state index is 13.3. The van der Waals surface area contributed by atoms with Crippen LogP contribution in [0.3, 0.4) is 0 Å². The first-order chi connectivity index (χ1) is 12.1. The molecule has 0 amide bonds. The number of ketones is 2. The van der Waals surface area contributed by atoms with Gasteiger partial charge >= 0.3 is 5.97 Å². The molecule has 4 nitrogen and oxygen atoms in total. The molecule has 4 aliphatic rings. The van der Waals surface area contributed by atoms with Crippen molar-refractivity contribution >= 4 is 17.5 Å². The Kier molecular flexibility index (Phi) is 3.95. The smallest absolute Gasteiger partial charge is 0.302 e. The third kappa shape index (κ3) is 2.29. The third-order valence-electron chi connectivity index (χ3n) is 9.06. The van der Waals surface area contributed by atoms with Gasteiger partial charge in [0.1, 0.15) is 17.7 Å². The van der Waals surface area contributed by atoms with E-state index in [1.807, 2.05) is 0 Å². The summed E-state index contributed by atoms with van der Waals surface area (Å²) >= 11 is 0. The maximum Gasteiger partial charge on any atom is 0.302 e. The molecule has 0 aromatic carbocycles. The van der Waals surface area contributed by atoms with Crippen molar-refractivity contribution in [2.45, 2.75) is 85.2 Å². The van der Waals surface area contributed by atoms with Gasteiger partial charge < -0.3 is 4.74 Å². The molecule has 4 saturated carbocycles. The molecule has 4 aliphatic carbocycles. The number of esters is 1. The van der Waals surface area contributed by atoms with Crippen LogP contribution in [0.5, 0.6) is 0 Å². The van der Waals surface area contributed by atoms with Crippen LogP contribution in [0.25, 0.3) is 0 Å². The second kappa shape index (κ2) is 5.65. The molecule has 0 spiro atoms. The zero-order valence-corrected chi connectivity index (χ0v) is 16.6. The molecule has 0 unspecified atom stereocenters. The fourth-order valence-electron chi connectivity index (χ4n) is 7.49. The van der Waals surface area contributed by atoms with E-state index in [1.165, 1.54) is 6.92 Å². The number of hydrogen-bond acceptors (Lipinski definition) is 4. The number of carbonyl (C=O) groups is 3. The predicted octanol–water partition coefficient (Wildman–Crippen LogP) is 4.10. The molecule has 0 aromatic rings. The van der Waals surface area contributed by atoms with Gasteiger partial charge in [0, 0.05) is 31.1 Å². The van der Waals surface area contributed by atoms with E-state index < -0.39 is 5.41 Å². The molecule has 0 bridgehead atoms. The highest BCUT2D eigenvalue weighted by molar-refractivity contribution is 5.95. The summed E-state index contributed by atoms with van der Waals surface area (Å²) in [7, 11) is 0. The highest BCUT2D eigenvalue weighted by Gasteiger charge is 2.66. The van der Waals surface area contributed by atoms with E-state index in [0.717, 1.165) is 38.5 Å². The second-order valence-electron chi connectivity index (χ2n) is 10.3. The molecule has 4 rings (SSSR count). The zero-order valence-electron chi connectivity index (χ0n) is 16.6. The van der Waals surface area contributed by atoms with Crippen LogP contribution in [-0.2, 0) is 19.1 Å². The number of ether oxygens (including phenoxy) is 1. The average Bonchev–Trinajstić information content (AvgIpc) is 2.82. The van der Waals surface area contributed by atoms with Crippen LogP contribution < -0.4 is 0 Å². The third-order valence-corrected chi connectivity index (χ3v) is 9.06. The molecule has 0 saturated heterocycles. The monoisotopic (exact) mass is 360 g/mol. The Balaban J connectivity index is 1.66. The van der Waals surface area contributed by atoms with Gasteiger partial charge in [-0.15, -0.1) is 0 Å². The molecule has 7 atom stereocenters. The molecular formula is C22H32O4. The van der Waals surface area contributed by atoms with E-state index in [9.17, 15) is 14.4 Å². The highest BCUT2D eigenvalue weighted by atomic mass is 16.5. The minimum atomic E-state index is -0.405. The van der Waals surface area contributed by atoms with Crippen LogP contribution in [-0.4, -0.2) is 23.6 Å².